The largest absolute Gasteiger partial charge is 0.390 e. The second-order valence-corrected chi connectivity index (χ2v) is 5.45. The molecule has 0 aliphatic heterocycles. The highest BCUT2D eigenvalue weighted by Crippen LogP contribution is 2.63. The van der Waals surface area contributed by atoms with Crippen molar-refractivity contribution in [3.05, 3.63) is 0 Å². The van der Waals surface area contributed by atoms with Crippen molar-refractivity contribution in [3.63, 3.8) is 0 Å². The van der Waals surface area contributed by atoms with Crippen LogP contribution >= 0.6 is 0 Å². The highest BCUT2D eigenvalue weighted by atomic mass is 16.5. The van der Waals surface area contributed by atoms with Crippen molar-refractivity contribution < 1.29 is 9.84 Å². The summed E-state index contributed by atoms with van der Waals surface area (Å²) in [6.07, 6.45) is 1.87. The molecule has 3 unspecified atom stereocenters. The molecule has 0 radical (unpaired) electrons. The third-order valence-corrected chi connectivity index (χ3v) is 4.77. The summed E-state index contributed by atoms with van der Waals surface area (Å²) in [5.41, 5.74) is 0.0578. The van der Waals surface area contributed by atoms with Crippen LogP contribution in [-0.4, -0.2) is 23.9 Å². The van der Waals surface area contributed by atoms with E-state index >= 15 is 0 Å². The van der Waals surface area contributed by atoms with Gasteiger partial charge < -0.3 is 9.84 Å². The number of fused-ring (bicyclic) bond motifs is 2. The molecular formula is C11H20O2. The summed E-state index contributed by atoms with van der Waals surface area (Å²) in [5.74, 6) is 1.23. The van der Waals surface area contributed by atoms with Gasteiger partial charge in [-0.05, 0) is 37.0 Å². The topological polar surface area (TPSA) is 29.5 Å². The Bertz CT molecular complexity index is 224. The van der Waals surface area contributed by atoms with E-state index in [1.165, 1.54) is 6.42 Å². The molecular weight excluding hydrogens is 164 g/mol. The quantitative estimate of drug-likeness (QED) is 0.673. The van der Waals surface area contributed by atoms with E-state index in [1.807, 2.05) is 0 Å². The summed E-state index contributed by atoms with van der Waals surface area (Å²) in [4.78, 5) is 0. The van der Waals surface area contributed by atoms with Crippen LogP contribution in [0, 0.1) is 17.3 Å². The van der Waals surface area contributed by atoms with Crippen LogP contribution in [0.15, 0.2) is 0 Å². The van der Waals surface area contributed by atoms with E-state index < -0.39 is 0 Å². The molecule has 3 aliphatic carbocycles. The van der Waals surface area contributed by atoms with Gasteiger partial charge >= 0.3 is 0 Å². The molecule has 2 nitrogen and oxygen atoms in total. The Balaban J connectivity index is 2.27. The molecule has 0 aromatic heterocycles. The molecule has 1 N–H and O–H groups in total. The maximum absolute atomic E-state index is 9.94. The van der Waals surface area contributed by atoms with Crippen molar-refractivity contribution in [2.45, 2.75) is 45.3 Å². The first kappa shape index (κ1) is 9.47. The van der Waals surface area contributed by atoms with Gasteiger partial charge in [0.15, 0.2) is 0 Å². The number of rotatable bonds is 1. The number of hydrogen-bond acceptors (Lipinski definition) is 2. The van der Waals surface area contributed by atoms with Gasteiger partial charge in [-0.3, -0.25) is 0 Å². The molecule has 2 bridgehead atoms. The van der Waals surface area contributed by atoms with E-state index in [9.17, 15) is 5.11 Å². The zero-order valence-electron chi connectivity index (χ0n) is 9.00. The fourth-order valence-electron chi connectivity index (χ4n) is 3.40. The van der Waals surface area contributed by atoms with Crippen LogP contribution in [0.5, 0.6) is 0 Å². The second kappa shape index (κ2) is 2.48. The predicted molar refractivity (Wildman–Crippen MR) is 51.4 cm³/mol. The average Bonchev–Trinajstić information content (AvgIpc) is 2.08. The van der Waals surface area contributed by atoms with Crippen LogP contribution in [0.25, 0.3) is 0 Å². The van der Waals surface area contributed by atoms with Gasteiger partial charge in [0.2, 0.25) is 0 Å². The smallest absolute Gasteiger partial charge is 0.0941 e. The van der Waals surface area contributed by atoms with Gasteiger partial charge in [-0.1, -0.05) is 13.8 Å². The minimum absolute atomic E-state index is 0.269. The molecule has 3 aliphatic rings. The van der Waals surface area contributed by atoms with Crippen LogP contribution in [0.4, 0.5) is 0 Å². The van der Waals surface area contributed by atoms with E-state index in [0.717, 1.165) is 6.42 Å². The Kier molecular flexibility index (Phi) is 1.81. The number of hydrogen-bond donors (Lipinski definition) is 1. The summed E-state index contributed by atoms with van der Waals surface area (Å²) in [6.45, 7) is 6.66. The fourth-order valence-corrected chi connectivity index (χ4v) is 3.40. The Morgan fingerprint density at radius 1 is 1.23 bits per heavy atom. The minimum Gasteiger partial charge on any atom is -0.390 e. The first-order valence-corrected chi connectivity index (χ1v) is 5.16. The summed E-state index contributed by atoms with van der Waals surface area (Å²) in [5, 5.41) is 9.94. The van der Waals surface area contributed by atoms with Crippen LogP contribution in [0.3, 0.4) is 0 Å². The van der Waals surface area contributed by atoms with E-state index in [1.54, 1.807) is 7.11 Å². The lowest BCUT2D eigenvalue weighted by atomic mass is 9.43. The van der Waals surface area contributed by atoms with Crippen molar-refractivity contribution in [3.8, 4) is 0 Å². The second-order valence-electron chi connectivity index (χ2n) is 5.45. The van der Waals surface area contributed by atoms with Gasteiger partial charge in [-0.25, -0.2) is 0 Å². The summed E-state index contributed by atoms with van der Waals surface area (Å²) >= 11 is 0. The summed E-state index contributed by atoms with van der Waals surface area (Å²) < 4.78 is 5.53. The lowest BCUT2D eigenvalue weighted by Gasteiger charge is -2.65. The third kappa shape index (κ3) is 0.962. The van der Waals surface area contributed by atoms with Crippen LogP contribution < -0.4 is 0 Å². The number of aliphatic hydroxyl groups is 1. The number of ether oxygens (including phenoxy) is 1. The molecule has 4 atom stereocenters. The van der Waals surface area contributed by atoms with Gasteiger partial charge in [-0.15, -0.1) is 0 Å². The Hall–Kier alpha value is -0.0800. The molecule has 76 valence electrons. The van der Waals surface area contributed by atoms with Gasteiger partial charge in [0.05, 0.1) is 11.7 Å². The molecule has 0 amide bonds. The minimum atomic E-state index is -0.307. The molecule has 0 spiro atoms. The molecule has 0 heterocycles. The molecule has 0 aromatic carbocycles. The van der Waals surface area contributed by atoms with Gasteiger partial charge in [0, 0.05) is 7.11 Å². The first-order valence-electron chi connectivity index (χ1n) is 5.16. The highest BCUT2D eigenvalue weighted by Gasteiger charge is 2.63. The molecule has 2 heteroatoms. The molecule has 0 saturated heterocycles. The van der Waals surface area contributed by atoms with Gasteiger partial charge in [-0.2, -0.15) is 0 Å². The number of methoxy groups -OCH3 is 1. The molecule has 13 heavy (non-hydrogen) atoms. The predicted octanol–water partition coefficient (Wildman–Crippen LogP) is 1.82. The molecule has 3 saturated carbocycles. The normalized spacial score (nSPS) is 52.8. The maximum Gasteiger partial charge on any atom is 0.0941 e. The van der Waals surface area contributed by atoms with Crippen molar-refractivity contribution in [2.75, 3.05) is 7.11 Å². The van der Waals surface area contributed by atoms with Crippen LogP contribution in [-0.2, 0) is 4.74 Å². The van der Waals surface area contributed by atoms with E-state index in [0.29, 0.717) is 17.3 Å². The zero-order valence-corrected chi connectivity index (χ0v) is 9.00. The van der Waals surface area contributed by atoms with Gasteiger partial charge in [0.1, 0.15) is 0 Å². The SMILES string of the molecule is CO[C@]1(C)C(O)CC2CC1C2(C)C. The standard InChI is InChI=1S/C11H20O2/c1-10(2)7-5-8(10)11(3,13-4)9(12)6-7/h7-9,12H,5-6H2,1-4H3/t7?,8?,9?,11-/m0/s1. The Labute approximate surface area is 80.3 Å². The molecule has 3 rings (SSSR count). The van der Waals surface area contributed by atoms with Gasteiger partial charge in [0.25, 0.3) is 0 Å². The number of aliphatic hydroxyl groups excluding tert-OH is 1. The van der Waals surface area contributed by atoms with E-state index in [-0.39, 0.29) is 11.7 Å². The first-order chi connectivity index (χ1) is 5.93. The molecule has 0 aromatic rings. The van der Waals surface area contributed by atoms with E-state index in [2.05, 4.69) is 20.8 Å². The van der Waals surface area contributed by atoms with E-state index in [4.69, 9.17) is 4.74 Å². The van der Waals surface area contributed by atoms with Crippen molar-refractivity contribution in [2.24, 2.45) is 17.3 Å². The zero-order chi connectivity index (χ0) is 9.85. The Morgan fingerprint density at radius 2 is 1.85 bits per heavy atom. The summed E-state index contributed by atoms with van der Waals surface area (Å²) in [7, 11) is 1.72. The van der Waals surface area contributed by atoms with Crippen molar-refractivity contribution in [1.29, 1.82) is 0 Å². The lowest BCUT2D eigenvalue weighted by molar-refractivity contribution is -0.256. The maximum atomic E-state index is 9.94. The molecule has 3 fully saturated rings. The van der Waals surface area contributed by atoms with Crippen molar-refractivity contribution in [1.82, 2.24) is 0 Å². The average molecular weight is 184 g/mol. The summed E-state index contributed by atoms with van der Waals surface area (Å²) in [6, 6.07) is 0. The highest BCUT2D eigenvalue weighted by molar-refractivity contribution is 5.13. The monoisotopic (exact) mass is 184 g/mol. The van der Waals surface area contributed by atoms with Crippen LogP contribution in [0.1, 0.15) is 33.6 Å². The lowest BCUT2D eigenvalue weighted by Crippen LogP contribution is -2.67. The van der Waals surface area contributed by atoms with Crippen LogP contribution in [0.2, 0.25) is 0 Å². The third-order valence-electron chi connectivity index (χ3n) is 4.77. The fraction of sp³-hybridized carbons (Fsp3) is 1.00. The Morgan fingerprint density at radius 3 is 2.23 bits per heavy atom. The van der Waals surface area contributed by atoms with Crippen molar-refractivity contribution >= 4 is 0 Å².